The van der Waals surface area contributed by atoms with Gasteiger partial charge in [0.15, 0.2) is 0 Å². The standard InChI is InChI=1S/C21H27N5O3/c1-21(2,3)7-18(27)26-9-15(10-26)20-24-19(25-29-20)13-4-5-14(8-22)17(6-13)23-16-11-28-12-16/h4-6,8,15-16,22-23H,7,9-12H2,1-3H3. The van der Waals surface area contributed by atoms with Gasteiger partial charge in [-0.2, -0.15) is 4.98 Å². The number of anilines is 1. The van der Waals surface area contributed by atoms with Gasteiger partial charge in [-0.25, -0.2) is 0 Å². The number of ether oxygens (including phenoxy) is 1. The zero-order valence-electron chi connectivity index (χ0n) is 17.1. The van der Waals surface area contributed by atoms with E-state index in [-0.39, 0.29) is 23.3 Å². The molecule has 0 saturated carbocycles. The van der Waals surface area contributed by atoms with Gasteiger partial charge in [-0.3, -0.25) is 4.79 Å². The van der Waals surface area contributed by atoms with Crippen molar-refractivity contribution in [2.45, 2.75) is 39.2 Å². The van der Waals surface area contributed by atoms with E-state index < -0.39 is 0 Å². The second-order valence-electron chi connectivity index (χ2n) is 9.01. The molecule has 0 unspecified atom stereocenters. The smallest absolute Gasteiger partial charge is 0.233 e. The summed E-state index contributed by atoms with van der Waals surface area (Å²) in [4.78, 5) is 18.7. The Kier molecular flexibility index (Phi) is 5.12. The predicted molar refractivity (Wildman–Crippen MR) is 109 cm³/mol. The average molecular weight is 397 g/mol. The molecular formula is C21H27N5O3. The maximum Gasteiger partial charge on any atom is 0.233 e. The lowest BCUT2D eigenvalue weighted by molar-refractivity contribution is -0.137. The first-order valence-corrected chi connectivity index (χ1v) is 9.93. The highest BCUT2D eigenvalue weighted by Crippen LogP contribution is 2.31. The fourth-order valence-electron chi connectivity index (χ4n) is 3.41. The van der Waals surface area contributed by atoms with Crippen LogP contribution in [-0.2, 0) is 9.53 Å². The number of hydrogen-bond acceptors (Lipinski definition) is 7. The molecular weight excluding hydrogens is 370 g/mol. The molecule has 0 aliphatic carbocycles. The highest BCUT2D eigenvalue weighted by molar-refractivity contribution is 5.87. The summed E-state index contributed by atoms with van der Waals surface area (Å²) in [5, 5.41) is 15.1. The van der Waals surface area contributed by atoms with Gasteiger partial charge in [0.25, 0.3) is 0 Å². The molecule has 1 amide bonds. The molecule has 0 bridgehead atoms. The van der Waals surface area contributed by atoms with Gasteiger partial charge in [0.2, 0.25) is 17.6 Å². The van der Waals surface area contributed by atoms with Crippen LogP contribution in [-0.4, -0.2) is 59.5 Å². The number of benzene rings is 1. The number of nitrogens with zero attached hydrogens (tertiary/aromatic N) is 3. The van der Waals surface area contributed by atoms with Gasteiger partial charge < -0.3 is 24.9 Å². The molecule has 0 spiro atoms. The summed E-state index contributed by atoms with van der Waals surface area (Å²) in [5.74, 6) is 1.35. The van der Waals surface area contributed by atoms with E-state index in [0.717, 1.165) is 16.8 Å². The predicted octanol–water partition coefficient (Wildman–Crippen LogP) is 2.91. The Hall–Kier alpha value is -2.74. The Balaban J connectivity index is 1.42. The molecule has 0 radical (unpaired) electrons. The van der Waals surface area contributed by atoms with Crippen LogP contribution in [0.1, 0.15) is 44.6 Å². The number of hydrogen-bond donors (Lipinski definition) is 2. The Morgan fingerprint density at radius 3 is 2.72 bits per heavy atom. The van der Waals surface area contributed by atoms with Crippen LogP contribution in [0.25, 0.3) is 11.4 Å². The van der Waals surface area contributed by atoms with Crippen molar-refractivity contribution in [1.82, 2.24) is 15.0 Å². The van der Waals surface area contributed by atoms with Gasteiger partial charge in [-0.15, -0.1) is 0 Å². The van der Waals surface area contributed by atoms with Crippen LogP contribution in [0.15, 0.2) is 22.7 Å². The maximum absolute atomic E-state index is 12.3. The van der Waals surface area contributed by atoms with Crippen molar-refractivity contribution in [3.63, 3.8) is 0 Å². The molecule has 154 valence electrons. The topological polar surface area (TPSA) is 104 Å². The molecule has 2 aliphatic rings. The third-order valence-corrected chi connectivity index (χ3v) is 5.17. The van der Waals surface area contributed by atoms with Crippen molar-refractivity contribution in [3.05, 3.63) is 29.7 Å². The molecule has 2 aromatic rings. The number of carbonyl (C=O) groups is 1. The first-order chi connectivity index (χ1) is 13.8. The van der Waals surface area contributed by atoms with Gasteiger partial charge in [0, 0.05) is 42.5 Å². The lowest BCUT2D eigenvalue weighted by Gasteiger charge is -2.38. The SMILES string of the molecule is CC(C)(C)CC(=O)N1CC(c2nc(-c3ccc(C=N)c(NC4COC4)c3)no2)C1. The van der Waals surface area contributed by atoms with Crippen LogP contribution in [0.3, 0.4) is 0 Å². The van der Waals surface area contributed by atoms with Crippen LogP contribution >= 0.6 is 0 Å². The van der Waals surface area contributed by atoms with Crippen LogP contribution in [0.2, 0.25) is 0 Å². The van der Waals surface area contributed by atoms with Crippen molar-refractivity contribution >= 4 is 17.8 Å². The third kappa shape index (κ3) is 4.32. The third-order valence-electron chi connectivity index (χ3n) is 5.17. The molecule has 8 nitrogen and oxygen atoms in total. The van der Waals surface area contributed by atoms with Crippen molar-refractivity contribution < 1.29 is 14.1 Å². The van der Waals surface area contributed by atoms with Crippen LogP contribution in [0.5, 0.6) is 0 Å². The van der Waals surface area contributed by atoms with Gasteiger partial charge in [-0.05, 0) is 11.5 Å². The summed E-state index contributed by atoms with van der Waals surface area (Å²) >= 11 is 0. The first-order valence-electron chi connectivity index (χ1n) is 9.93. The molecule has 1 aromatic heterocycles. The van der Waals surface area contributed by atoms with E-state index in [2.05, 4.69) is 36.2 Å². The number of aromatic nitrogens is 2. The molecule has 2 N–H and O–H groups in total. The summed E-state index contributed by atoms with van der Waals surface area (Å²) in [6, 6.07) is 5.96. The first kappa shape index (κ1) is 19.6. The molecule has 8 heteroatoms. The summed E-state index contributed by atoms with van der Waals surface area (Å²) in [5.41, 5.74) is 2.48. The minimum Gasteiger partial charge on any atom is -0.377 e. The number of carbonyl (C=O) groups excluding carboxylic acids is 1. The number of nitrogens with one attached hydrogen (secondary N) is 2. The fraction of sp³-hybridized carbons (Fsp3) is 0.524. The second-order valence-corrected chi connectivity index (χ2v) is 9.01. The Labute approximate surface area is 170 Å². The lowest BCUT2D eigenvalue weighted by Crippen LogP contribution is -2.49. The highest BCUT2D eigenvalue weighted by Gasteiger charge is 2.36. The van der Waals surface area contributed by atoms with Crippen LogP contribution in [0.4, 0.5) is 5.69 Å². The highest BCUT2D eigenvalue weighted by atomic mass is 16.5. The molecule has 2 fully saturated rings. The molecule has 2 saturated heterocycles. The van der Waals surface area contributed by atoms with Gasteiger partial charge in [0.1, 0.15) is 0 Å². The van der Waals surface area contributed by atoms with Crippen molar-refractivity contribution in [3.8, 4) is 11.4 Å². The molecule has 29 heavy (non-hydrogen) atoms. The lowest BCUT2D eigenvalue weighted by atomic mass is 9.90. The summed E-state index contributed by atoms with van der Waals surface area (Å²) < 4.78 is 10.7. The summed E-state index contributed by atoms with van der Waals surface area (Å²) in [7, 11) is 0. The number of likely N-dealkylation sites (tertiary alicyclic amines) is 1. The Bertz CT molecular complexity index is 907. The maximum atomic E-state index is 12.3. The monoisotopic (exact) mass is 397 g/mol. The van der Waals surface area contributed by atoms with E-state index in [1.165, 1.54) is 6.21 Å². The van der Waals surface area contributed by atoms with E-state index in [0.29, 0.717) is 44.4 Å². The normalized spacial score (nSPS) is 17.6. The van der Waals surface area contributed by atoms with E-state index in [1.807, 2.05) is 23.1 Å². The van der Waals surface area contributed by atoms with Crippen LogP contribution in [0, 0.1) is 10.8 Å². The summed E-state index contributed by atoms with van der Waals surface area (Å²) in [6.07, 6.45) is 1.86. The molecule has 4 rings (SSSR count). The zero-order valence-corrected chi connectivity index (χ0v) is 17.1. The van der Waals surface area contributed by atoms with E-state index in [9.17, 15) is 4.79 Å². The van der Waals surface area contributed by atoms with E-state index >= 15 is 0 Å². The Morgan fingerprint density at radius 1 is 1.34 bits per heavy atom. The second kappa shape index (κ2) is 7.59. The van der Waals surface area contributed by atoms with Gasteiger partial charge in [0.05, 0.1) is 25.2 Å². The molecule has 3 heterocycles. The molecule has 2 aliphatic heterocycles. The fourth-order valence-corrected chi connectivity index (χ4v) is 3.41. The van der Waals surface area contributed by atoms with Crippen LogP contribution < -0.4 is 5.32 Å². The molecule has 0 atom stereocenters. The van der Waals surface area contributed by atoms with Gasteiger partial charge >= 0.3 is 0 Å². The minimum absolute atomic E-state index is 0.0141. The van der Waals surface area contributed by atoms with Crippen molar-refractivity contribution in [2.24, 2.45) is 5.41 Å². The van der Waals surface area contributed by atoms with E-state index in [4.69, 9.17) is 14.7 Å². The summed E-state index contributed by atoms with van der Waals surface area (Å²) in [6.45, 7) is 8.78. The zero-order chi connectivity index (χ0) is 20.6. The minimum atomic E-state index is -0.0141. The largest absolute Gasteiger partial charge is 0.377 e. The Morgan fingerprint density at radius 2 is 2.10 bits per heavy atom. The number of amides is 1. The van der Waals surface area contributed by atoms with E-state index in [1.54, 1.807) is 0 Å². The van der Waals surface area contributed by atoms with Gasteiger partial charge in [-0.1, -0.05) is 38.1 Å². The van der Waals surface area contributed by atoms with Crippen molar-refractivity contribution in [2.75, 3.05) is 31.6 Å². The number of rotatable bonds is 6. The van der Waals surface area contributed by atoms with Crippen molar-refractivity contribution in [1.29, 1.82) is 5.41 Å². The quantitative estimate of drug-likeness (QED) is 0.726. The molecule has 1 aromatic carbocycles. The average Bonchev–Trinajstić information content (AvgIpc) is 3.04.